The first-order valence-electron chi connectivity index (χ1n) is 5.80. The van der Waals surface area contributed by atoms with E-state index >= 15 is 0 Å². The number of fused-ring (bicyclic) bond motifs is 2. The van der Waals surface area contributed by atoms with Gasteiger partial charge in [0.1, 0.15) is 0 Å². The van der Waals surface area contributed by atoms with E-state index in [9.17, 15) is 0 Å². The molecule has 16 heavy (non-hydrogen) atoms. The number of halogens is 1. The van der Waals surface area contributed by atoms with Crippen LogP contribution in [-0.2, 0) is 0 Å². The van der Waals surface area contributed by atoms with Crippen LogP contribution in [0.4, 0.5) is 0 Å². The lowest BCUT2D eigenvalue weighted by atomic mass is 9.92. The van der Waals surface area contributed by atoms with Crippen molar-refractivity contribution in [3.05, 3.63) is 11.7 Å². The lowest BCUT2D eigenvalue weighted by molar-refractivity contribution is 0.287. The molecule has 0 saturated carbocycles. The number of nitrogens with zero attached hydrogens (tertiary/aromatic N) is 3. The number of aromatic nitrogens is 2. The van der Waals surface area contributed by atoms with E-state index in [0.29, 0.717) is 11.8 Å². The first kappa shape index (κ1) is 11.9. The third kappa shape index (κ3) is 1.84. The average molecular weight is 244 g/mol. The van der Waals surface area contributed by atoms with Crippen molar-refractivity contribution in [2.75, 3.05) is 19.6 Å². The molecule has 3 rings (SSSR count). The van der Waals surface area contributed by atoms with Gasteiger partial charge < -0.3 is 9.42 Å². The summed E-state index contributed by atoms with van der Waals surface area (Å²) in [6.07, 6.45) is 1.30. The largest absolute Gasteiger partial charge is 0.339 e. The molecule has 1 aromatic rings. The Morgan fingerprint density at radius 1 is 1.38 bits per heavy atom. The molecule has 0 radical (unpaired) electrons. The van der Waals surface area contributed by atoms with Gasteiger partial charge in [0.15, 0.2) is 5.82 Å². The Morgan fingerprint density at radius 2 is 2.19 bits per heavy atom. The lowest BCUT2D eigenvalue weighted by Crippen LogP contribution is -2.22. The summed E-state index contributed by atoms with van der Waals surface area (Å²) in [6.45, 7) is 7.79. The Morgan fingerprint density at radius 3 is 2.69 bits per heavy atom. The molecular weight excluding hydrogens is 226 g/mol. The topological polar surface area (TPSA) is 42.2 Å². The van der Waals surface area contributed by atoms with E-state index in [2.05, 4.69) is 28.9 Å². The highest BCUT2D eigenvalue weighted by atomic mass is 35.5. The summed E-state index contributed by atoms with van der Waals surface area (Å²) < 4.78 is 5.37. The van der Waals surface area contributed by atoms with Gasteiger partial charge in [0.2, 0.25) is 5.89 Å². The van der Waals surface area contributed by atoms with E-state index in [1.54, 1.807) is 0 Å². The molecule has 5 heteroatoms. The highest BCUT2D eigenvalue weighted by molar-refractivity contribution is 5.85. The molecule has 1 aromatic heterocycles. The molecule has 2 aliphatic rings. The summed E-state index contributed by atoms with van der Waals surface area (Å²) in [4.78, 5) is 7.00. The maximum Gasteiger partial charge on any atom is 0.231 e. The van der Waals surface area contributed by atoms with E-state index in [4.69, 9.17) is 4.52 Å². The van der Waals surface area contributed by atoms with Crippen LogP contribution in [0.2, 0.25) is 0 Å². The van der Waals surface area contributed by atoms with E-state index in [0.717, 1.165) is 24.2 Å². The lowest BCUT2D eigenvalue weighted by Gasteiger charge is -2.18. The Labute approximate surface area is 102 Å². The highest BCUT2D eigenvalue weighted by Crippen LogP contribution is 2.39. The van der Waals surface area contributed by atoms with Crippen LogP contribution in [0.1, 0.15) is 43.8 Å². The smallest absolute Gasteiger partial charge is 0.231 e. The Balaban J connectivity index is 0.000000963. The number of hydrogen-bond donors (Lipinski definition) is 0. The van der Waals surface area contributed by atoms with Gasteiger partial charge in [0.05, 0.1) is 5.92 Å². The minimum Gasteiger partial charge on any atom is -0.339 e. The summed E-state index contributed by atoms with van der Waals surface area (Å²) in [5.74, 6) is 3.33. The molecular formula is C11H18ClN3O. The van der Waals surface area contributed by atoms with Crippen LogP contribution in [0, 0.1) is 5.92 Å². The fourth-order valence-corrected chi connectivity index (χ4v) is 2.70. The van der Waals surface area contributed by atoms with Crippen molar-refractivity contribution in [2.24, 2.45) is 5.92 Å². The third-order valence-electron chi connectivity index (χ3n) is 3.62. The van der Waals surface area contributed by atoms with Crippen molar-refractivity contribution in [3.63, 3.8) is 0 Å². The molecule has 3 heterocycles. The normalized spacial score (nSPS) is 32.1. The Bertz CT molecular complexity index is 366. The molecule has 0 amide bonds. The second-order valence-electron chi connectivity index (χ2n) is 5.06. The second kappa shape index (κ2) is 4.34. The van der Waals surface area contributed by atoms with Crippen LogP contribution in [0.25, 0.3) is 0 Å². The predicted molar refractivity (Wildman–Crippen MR) is 62.9 cm³/mol. The van der Waals surface area contributed by atoms with Crippen molar-refractivity contribution < 1.29 is 4.52 Å². The molecule has 2 aliphatic heterocycles. The molecule has 0 N–H and O–H groups in total. The van der Waals surface area contributed by atoms with Gasteiger partial charge in [-0.15, -0.1) is 12.4 Å². The molecule has 3 atom stereocenters. The van der Waals surface area contributed by atoms with Gasteiger partial charge in [0, 0.05) is 19.0 Å². The maximum atomic E-state index is 5.37. The van der Waals surface area contributed by atoms with Gasteiger partial charge in [0.25, 0.3) is 0 Å². The molecule has 90 valence electrons. The van der Waals surface area contributed by atoms with E-state index in [1.165, 1.54) is 19.5 Å². The zero-order chi connectivity index (χ0) is 10.4. The molecule has 0 aliphatic carbocycles. The first-order chi connectivity index (χ1) is 7.24. The molecule has 0 spiro atoms. The van der Waals surface area contributed by atoms with E-state index in [1.807, 2.05) is 0 Å². The summed E-state index contributed by atoms with van der Waals surface area (Å²) in [7, 11) is 0. The predicted octanol–water partition coefficient (Wildman–Crippen LogP) is 2.03. The van der Waals surface area contributed by atoms with Crippen molar-refractivity contribution in [1.29, 1.82) is 0 Å². The molecule has 2 saturated heterocycles. The fourth-order valence-electron chi connectivity index (χ4n) is 2.70. The number of rotatable bonds is 2. The minimum absolute atomic E-state index is 0. The second-order valence-corrected chi connectivity index (χ2v) is 5.06. The summed E-state index contributed by atoms with van der Waals surface area (Å²) in [5, 5.41) is 4.04. The highest BCUT2D eigenvalue weighted by Gasteiger charge is 2.41. The van der Waals surface area contributed by atoms with Gasteiger partial charge in [-0.25, -0.2) is 0 Å². The van der Waals surface area contributed by atoms with Gasteiger partial charge >= 0.3 is 0 Å². The van der Waals surface area contributed by atoms with Crippen molar-refractivity contribution in [1.82, 2.24) is 15.0 Å². The molecule has 3 unspecified atom stereocenters. The van der Waals surface area contributed by atoms with Crippen LogP contribution in [-0.4, -0.2) is 34.7 Å². The van der Waals surface area contributed by atoms with E-state index in [-0.39, 0.29) is 12.4 Å². The molecule has 4 nitrogen and oxygen atoms in total. The fraction of sp³-hybridized carbons (Fsp3) is 0.818. The molecule has 2 bridgehead atoms. The average Bonchev–Trinajstić information content (AvgIpc) is 2.93. The van der Waals surface area contributed by atoms with Gasteiger partial charge in [-0.2, -0.15) is 4.98 Å². The summed E-state index contributed by atoms with van der Waals surface area (Å²) in [5.41, 5.74) is 0. The van der Waals surface area contributed by atoms with Crippen LogP contribution in [0.3, 0.4) is 0 Å². The van der Waals surface area contributed by atoms with Crippen molar-refractivity contribution >= 4 is 12.4 Å². The van der Waals surface area contributed by atoms with Crippen LogP contribution in [0.15, 0.2) is 4.52 Å². The number of hydrogen-bond acceptors (Lipinski definition) is 4. The Hall–Kier alpha value is -0.610. The minimum atomic E-state index is 0. The van der Waals surface area contributed by atoms with Crippen LogP contribution in [0.5, 0.6) is 0 Å². The quantitative estimate of drug-likeness (QED) is 0.797. The zero-order valence-electron chi connectivity index (χ0n) is 9.72. The van der Waals surface area contributed by atoms with Crippen LogP contribution < -0.4 is 0 Å². The zero-order valence-corrected chi connectivity index (χ0v) is 10.5. The first-order valence-corrected chi connectivity index (χ1v) is 5.80. The Kier molecular flexibility index (Phi) is 3.22. The molecule has 2 fully saturated rings. The van der Waals surface area contributed by atoms with Crippen molar-refractivity contribution in [3.8, 4) is 0 Å². The third-order valence-corrected chi connectivity index (χ3v) is 3.62. The number of piperidine rings is 1. The maximum absolute atomic E-state index is 5.37. The van der Waals surface area contributed by atoms with Crippen LogP contribution >= 0.6 is 12.4 Å². The van der Waals surface area contributed by atoms with Crippen molar-refractivity contribution in [2.45, 2.75) is 32.1 Å². The summed E-state index contributed by atoms with van der Waals surface area (Å²) >= 11 is 0. The monoisotopic (exact) mass is 243 g/mol. The van der Waals surface area contributed by atoms with E-state index < -0.39 is 0 Å². The standard InChI is InChI=1S/C11H17N3O.ClH/c1-7(2)10-12-11(15-13-10)9-6-14-4-3-8(9)5-14;/h7-9H,3-6H2,1-2H3;1H. The van der Waals surface area contributed by atoms with Gasteiger partial charge in [-0.05, 0) is 18.9 Å². The van der Waals surface area contributed by atoms with Gasteiger partial charge in [-0.3, -0.25) is 0 Å². The molecule has 0 aromatic carbocycles. The summed E-state index contributed by atoms with van der Waals surface area (Å²) in [6, 6.07) is 0. The van der Waals surface area contributed by atoms with Gasteiger partial charge in [-0.1, -0.05) is 19.0 Å². The SMILES string of the molecule is CC(C)c1noc(C2CN3CCC2C3)n1.Cl.